The highest BCUT2D eigenvalue weighted by Crippen LogP contribution is 2.24. The molecule has 1 N–H and O–H groups in total. The quantitative estimate of drug-likeness (QED) is 0.470. The molecule has 1 amide bonds. The van der Waals surface area contributed by atoms with Crippen molar-refractivity contribution in [3.63, 3.8) is 0 Å². The molecule has 7 heteroatoms. The fourth-order valence-corrected chi connectivity index (χ4v) is 3.17. The summed E-state index contributed by atoms with van der Waals surface area (Å²) in [7, 11) is 0. The summed E-state index contributed by atoms with van der Waals surface area (Å²) >= 11 is 12.9. The molecule has 0 atom stereocenters. The smallest absolute Gasteiger partial charge is 0.353 e. The average Bonchev–Trinajstić information content (AvgIpc) is 3.03. The van der Waals surface area contributed by atoms with Crippen LogP contribution in [-0.2, 0) is 0 Å². The van der Waals surface area contributed by atoms with E-state index in [1.807, 2.05) is 0 Å². The number of carbonyl (C=O) groups is 2. The molecule has 0 aliphatic heterocycles. The predicted molar refractivity (Wildman–Crippen MR) is 100 cm³/mol. The summed E-state index contributed by atoms with van der Waals surface area (Å²) in [6, 6.07) is 16.5. The number of halogens is 2. The Labute approximate surface area is 158 Å². The van der Waals surface area contributed by atoms with Crippen molar-refractivity contribution in [3.8, 4) is 5.75 Å². The highest BCUT2D eigenvalue weighted by atomic mass is 35.5. The van der Waals surface area contributed by atoms with Gasteiger partial charge in [0.05, 0.1) is 14.9 Å². The van der Waals surface area contributed by atoms with Gasteiger partial charge in [-0.2, -0.15) is 0 Å². The van der Waals surface area contributed by atoms with Crippen LogP contribution in [0.5, 0.6) is 5.75 Å². The molecule has 0 bridgehead atoms. The van der Waals surface area contributed by atoms with E-state index in [1.165, 1.54) is 0 Å². The highest BCUT2D eigenvalue weighted by molar-refractivity contribution is 7.17. The number of benzene rings is 2. The van der Waals surface area contributed by atoms with E-state index in [0.29, 0.717) is 31.2 Å². The van der Waals surface area contributed by atoms with Gasteiger partial charge in [-0.1, -0.05) is 35.3 Å². The van der Waals surface area contributed by atoms with Crippen molar-refractivity contribution < 1.29 is 14.3 Å². The Bertz CT molecular complexity index is 922. The first kappa shape index (κ1) is 17.5. The van der Waals surface area contributed by atoms with E-state index in [-0.39, 0.29) is 5.91 Å². The molecule has 1 heterocycles. The Morgan fingerprint density at radius 3 is 2.28 bits per heavy atom. The summed E-state index contributed by atoms with van der Waals surface area (Å²) in [5.41, 5.74) is 0.943. The Kier molecular flexibility index (Phi) is 5.38. The molecule has 0 spiro atoms. The number of hydrogen-bond donors (Lipinski definition) is 1. The van der Waals surface area contributed by atoms with Crippen molar-refractivity contribution >= 4 is 52.1 Å². The second kappa shape index (κ2) is 7.70. The van der Waals surface area contributed by atoms with Crippen molar-refractivity contribution in [3.05, 3.63) is 80.5 Å². The second-order valence-electron chi connectivity index (χ2n) is 4.95. The van der Waals surface area contributed by atoms with E-state index in [1.54, 1.807) is 60.7 Å². The molecule has 0 fully saturated rings. The van der Waals surface area contributed by atoms with E-state index in [9.17, 15) is 9.59 Å². The lowest BCUT2D eigenvalue weighted by Gasteiger charge is -2.08. The number of esters is 1. The lowest BCUT2D eigenvalue weighted by Crippen LogP contribution is -2.12. The van der Waals surface area contributed by atoms with Crippen LogP contribution in [0.2, 0.25) is 9.36 Å². The molecule has 126 valence electrons. The molecule has 3 rings (SSSR count). The summed E-state index contributed by atoms with van der Waals surface area (Å²) in [6.07, 6.45) is 0. The van der Waals surface area contributed by atoms with Crippen molar-refractivity contribution in [2.24, 2.45) is 0 Å². The maximum atomic E-state index is 12.2. The minimum absolute atomic E-state index is 0.316. The van der Waals surface area contributed by atoms with Crippen molar-refractivity contribution in [2.75, 3.05) is 5.32 Å². The van der Waals surface area contributed by atoms with Crippen LogP contribution in [0.3, 0.4) is 0 Å². The largest absolute Gasteiger partial charge is 0.422 e. The summed E-state index contributed by atoms with van der Waals surface area (Å²) in [5.74, 6) is -0.432. The molecular formula is C18H11Cl2NO3S. The lowest BCUT2D eigenvalue weighted by molar-refractivity contribution is 0.0739. The van der Waals surface area contributed by atoms with Crippen LogP contribution in [-0.4, -0.2) is 11.9 Å². The number of hydrogen-bond acceptors (Lipinski definition) is 4. The average molecular weight is 392 g/mol. The van der Waals surface area contributed by atoms with Crippen molar-refractivity contribution in [1.29, 1.82) is 0 Å². The number of ether oxygens (including phenoxy) is 1. The van der Waals surface area contributed by atoms with E-state index in [0.717, 1.165) is 11.3 Å². The van der Waals surface area contributed by atoms with Gasteiger partial charge >= 0.3 is 5.97 Å². The molecule has 1 aromatic heterocycles. The topological polar surface area (TPSA) is 55.4 Å². The minimum atomic E-state index is -0.482. The first-order valence-electron chi connectivity index (χ1n) is 7.16. The third kappa shape index (κ3) is 4.39. The molecule has 0 unspecified atom stereocenters. The Morgan fingerprint density at radius 2 is 1.64 bits per heavy atom. The molecule has 3 aromatic rings. The molecule has 0 aliphatic rings. The van der Waals surface area contributed by atoms with Gasteiger partial charge in [0.15, 0.2) is 0 Å². The molecular weight excluding hydrogens is 381 g/mol. The van der Waals surface area contributed by atoms with Crippen LogP contribution in [0.4, 0.5) is 5.69 Å². The van der Waals surface area contributed by atoms with Gasteiger partial charge in [-0.25, -0.2) is 4.79 Å². The standard InChI is InChI=1S/C18H11Cl2NO3S/c19-14-4-2-1-3-13(14)17(22)21-11-5-7-12(8-6-11)24-18(23)15-9-10-16(20)25-15/h1-10H,(H,21,22). The third-order valence-corrected chi connectivity index (χ3v) is 4.76. The minimum Gasteiger partial charge on any atom is -0.422 e. The lowest BCUT2D eigenvalue weighted by atomic mass is 10.2. The fourth-order valence-electron chi connectivity index (χ4n) is 2.03. The van der Waals surface area contributed by atoms with Crippen LogP contribution >= 0.6 is 34.5 Å². The van der Waals surface area contributed by atoms with Gasteiger partial charge in [0.1, 0.15) is 10.6 Å². The van der Waals surface area contributed by atoms with Crippen LogP contribution in [0.1, 0.15) is 20.0 Å². The Hall–Kier alpha value is -2.34. The van der Waals surface area contributed by atoms with Crippen molar-refractivity contribution in [1.82, 2.24) is 0 Å². The van der Waals surface area contributed by atoms with Gasteiger partial charge in [-0.05, 0) is 48.5 Å². The predicted octanol–water partition coefficient (Wildman–Crippen LogP) is 5.53. The zero-order chi connectivity index (χ0) is 17.8. The molecule has 0 saturated carbocycles. The normalized spacial score (nSPS) is 10.3. The van der Waals surface area contributed by atoms with Crippen LogP contribution in [0.15, 0.2) is 60.7 Å². The van der Waals surface area contributed by atoms with Gasteiger partial charge in [0, 0.05) is 5.69 Å². The van der Waals surface area contributed by atoms with Gasteiger partial charge in [-0.3, -0.25) is 4.79 Å². The number of rotatable bonds is 4. The Balaban J connectivity index is 1.65. The summed E-state index contributed by atoms with van der Waals surface area (Å²) < 4.78 is 5.77. The molecule has 4 nitrogen and oxygen atoms in total. The third-order valence-electron chi connectivity index (χ3n) is 3.22. The molecule has 0 saturated heterocycles. The van der Waals surface area contributed by atoms with E-state index >= 15 is 0 Å². The number of amides is 1. The number of nitrogens with one attached hydrogen (secondary N) is 1. The van der Waals surface area contributed by atoms with Gasteiger partial charge in [0.2, 0.25) is 0 Å². The fraction of sp³-hybridized carbons (Fsp3) is 0. The molecule has 0 aliphatic carbocycles. The molecule has 2 aromatic carbocycles. The zero-order valence-corrected chi connectivity index (χ0v) is 15.0. The maximum absolute atomic E-state index is 12.2. The maximum Gasteiger partial charge on any atom is 0.353 e. The van der Waals surface area contributed by atoms with E-state index in [2.05, 4.69) is 5.32 Å². The summed E-state index contributed by atoms with van der Waals surface area (Å²) in [4.78, 5) is 24.6. The van der Waals surface area contributed by atoms with Crippen molar-refractivity contribution in [2.45, 2.75) is 0 Å². The van der Waals surface area contributed by atoms with Gasteiger partial charge in [-0.15, -0.1) is 11.3 Å². The first-order chi connectivity index (χ1) is 12.0. The summed E-state index contributed by atoms with van der Waals surface area (Å²) in [6.45, 7) is 0. The van der Waals surface area contributed by atoms with Crippen LogP contribution in [0, 0.1) is 0 Å². The van der Waals surface area contributed by atoms with E-state index < -0.39 is 5.97 Å². The van der Waals surface area contributed by atoms with E-state index in [4.69, 9.17) is 27.9 Å². The highest BCUT2D eigenvalue weighted by Gasteiger charge is 2.12. The van der Waals surface area contributed by atoms with Crippen LogP contribution < -0.4 is 10.1 Å². The SMILES string of the molecule is O=C(Oc1ccc(NC(=O)c2ccccc2Cl)cc1)c1ccc(Cl)s1. The zero-order valence-electron chi connectivity index (χ0n) is 12.7. The number of thiophene rings is 1. The monoisotopic (exact) mass is 391 g/mol. The van der Waals surface area contributed by atoms with Gasteiger partial charge < -0.3 is 10.1 Å². The summed E-state index contributed by atoms with van der Waals surface area (Å²) in [5, 5.41) is 3.11. The first-order valence-corrected chi connectivity index (χ1v) is 8.73. The van der Waals surface area contributed by atoms with Crippen LogP contribution in [0.25, 0.3) is 0 Å². The Morgan fingerprint density at radius 1 is 0.920 bits per heavy atom. The molecule has 25 heavy (non-hydrogen) atoms. The molecule has 0 radical (unpaired) electrons. The van der Waals surface area contributed by atoms with Gasteiger partial charge in [0.25, 0.3) is 5.91 Å². The number of anilines is 1. The number of carbonyl (C=O) groups excluding carboxylic acids is 2. The second-order valence-corrected chi connectivity index (χ2v) is 7.07.